The molecular formula is C17H17ClN2O2. The molecule has 2 aromatic carbocycles. The van der Waals surface area contributed by atoms with Gasteiger partial charge < -0.3 is 4.74 Å². The van der Waals surface area contributed by atoms with E-state index in [0.29, 0.717) is 28.5 Å². The van der Waals surface area contributed by atoms with E-state index in [2.05, 4.69) is 10.5 Å². The zero-order valence-electron chi connectivity index (χ0n) is 12.5. The maximum Gasteiger partial charge on any atom is 0.271 e. The zero-order chi connectivity index (χ0) is 15.9. The number of halogens is 1. The molecule has 22 heavy (non-hydrogen) atoms. The van der Waals surface area contributed by atoms with Gasteiger partial charge in [-0.25, -0.2) is 5.43 Å². The van der Waals surface area contributed by atoms with Crippen LogP contribution in [0.15, 0.2) is 47.6 Å². The van der Waals surface area contributed by atoms with E-state index in [1.165, 1.54) is 6.21 Å². The van der Waals surface area contributed by atoms with Crippen LogP contribution in [-0.2, 0) is 0 Å². The molecule has 4 nitrogen and oxygen atoms in total. The molecule has 0 aliphatic carbocycles. The molecule has 0 bridgehead atoms. The summed E-state index contributed by atoms with van der Waals surface area (Å²) in [6.45, 7) is 4.37. The predicted octanol–water partition coefficient (Wildman–Crippen LogP) is 3.81. The molecule has 2 rings (SSSR count). The van der Waals surface area contributed by atoms with Crippen molar-refractivity contribution in [3.8, 4) is 5.75 Å². The number of ether oxygens (including phenoxy) is 1. The first-order valence-electron chi connectivity index (χ1n) is 6.92. The van der Waals surface area contributed by atoms with Crippen molar-refractivity contribution < 1.29 is 9.53 Å². The summed E-state index contributed by atoms with van der Waals surface area (Å²) in [5.74, 6) is 0.403. The summed E-state index contributed by atoms with van der Waals surface area (Å²) < 4.78 is 5.49. The van der Waals surface area contributed by atoms with E-state index >= 15 is 0 Å². The Kier molecular flexibility index (Phi) is 5.55. The zero-order valence-corrected chi connectivity index (χ0v) is 13.2. The Morgan fingerprint density at radius 2 is 2.14 bits per heavy atom. The summed E-state index contributed by atoms with van der Waals surface area (Å²) in [4.78, 5) is 12.0. The smallest absolute Gasteiger partial charge is 0.271 e. The Morgan fingerprint density at radius 1 is 1.32 bits per heavy atom. The summed E-state index contributed by atoms with van der Waals surface area (Å²) in [5.41, 5.74) is 4.78. The van der Waals surface area contributed by atoms with Gasteiger partial charge in [0, 0.05) is 16.1 Å². The first-order valence-corrected chi connectivity index (χ1v) is 7.30. The number of amides is 1. The van der Waals surface area contributed by atoms with Crippen LogP contribution < -0.4 is 10.2 Å². The molecular weight excluding hydrogens is 300 g/mol. The lowest BCUT2D eigenvalue weighted by Gasteiger charge is -2.07. The fraction of sp³-hybridized carbons (Fsp3) is 0.176. The van der Waals surface area contributed by atoms with Crippen LogP contribution in [0.25, 0.3) is 0 Å². The Balaban J connectivity index is 2.09. The Morgan fingerprint density at radius 3 is 2.86 bits per heavy atom. The van der Waals surface area contributed by atoms with Gasteiger partial charge in [0.25, 0.3) is 5.91 Å². The predicted molar refractivity (Wildman–Crippen MR) is 88.9 cm³/mol. The highest BCUT2D eigenvalue weighted by Crippen LogP contribution is 2.21. The molecule has 1 amide bonds. The van der Waals surface area contributed by atoms with Gasteiger partial charge in [0.05, 0.1) is 12.8 Å². The van der Waals surface area contributed by atoms with Crippen molar-refractivity contribution in [3.63, 3.8) is 0 Å². The van der Waals surface area contributed by atoms with E-state index in [1.807, 2.05) is 26.0 Å². The minimum Gasteiger partial charge on any atom is -0.493 e. The van der Waals surface area contributed by atoms with Gasteiger partial charge >= 0.3 is 0 Å². The summed E-state index contributed by atoms with van der Waals surface area (Å²) in [6, 6.07) is 12.6. The van der Waals surface area contributed by atoms with E-state index in [-0.39, 0.29) is 5.91 Å². The van der Waals surface area contributed by atoms with Crippen LogP contribution in [0, 0.1) is 6.92 Å². The van der Waals surface area contributed by atoms with Crippen LogP contribution in [0.2, 0.25) is 5.02 Å². The second kappa shape index (κ2) is 7.61. The molecule has 0 saturated heterocycles. The number of hydrazone groups is 1. The molecule has 1 N–H and O–H groups in total. The maximum absolute atomic E-state index is 12.0. The number of carbonyl (C=O) groups is 1. The minimum absolute atomic E-state index is 0.264. The Bertz CT molecular complexity index is 699. The molecule has 114 valence electrons. The summed E-state index contributed by atoms with van der Waals surface area (Å²) >= 11 is 5.97. The SMILES string of the molecule is CCOc1ccc(Cl)cc1/C=N\NC(=O)c1cccc(C)c1. The third-order valence-corrected chi connectivity index (χ3v) is 3.16. The van der Waals surface area contributed by atoms with Gasteiger partial charge in [-0.2, -0.15) is 5.10 Å². The monoisotopic (exact) mass is 316 g/mol. The average Bonchev–Trinajstić information content (AvgIpc) is 2.50. The van der Waals surface area contributed by atoms with Crippen LogP contribution in [-0.4, -0.2) is 18.7 Å². The van der Waals surface area contributed by atoms with Crippen LogP contribution in [0.1, 0.15) is 28.4 Å². The largest absolute Gasteiger partial charge is 0.493 e. The number of nitrogens with one attached hydrogen (secondary N) is 1. The van der Waals surface area contributed by atoms with Gasteiger partial charge in [-0.3, -0.25) is 4.79 Å². The summed E-state index contributed by atoms with van der Waals surface area (Å²) in [6.07, 6.45) is 1.52. The van der Waals surface area contributed by atoms with E-state index in [4.69, 9.17) is 16.3 Å². The van der Waals surface area contributed by atoms with Gasteiger partial charge in [0.1, 0.15) is 5.75 Å². The molecule has 2 aromatic rings. The van der Waals surface area contributed by atoms with Crippen molar-refractivity contribution in [2.45, 2.75) is 13.8 Å². The van der Waals surface area contributed by atoms with Gasteiger partial charge in [0.2, 0.25) is 0 Å². The minimum atomic E-state index is -0.264. The van der Waals surface area contributed by atoms with Gasteiger partial charge in [-0.15, -0.1) is 0 Å². The average molecular weight is 317 g/mol. The van der Waals surface area contributed by atoms with Crippen molar-refractivity contribution >= 4 is 23.7 Å². The Labute approximate surface area is 134 Å². The molecule has 0 aromatic heterocycles. The number of aryl methyl sites for hydroxylation is 1. The highest BCUT2D eigenvalue weighted by Gasteiger charge is 2.05. The first kappa shape index (κ1) is 16.0. The molecule has 0 fully saturated rings. The van der Waals surface area contributed by atoms with Gasteiger partial charge in [-0.1, -0.05) is 29.3 Å². The number of carbonyl (C=O) groups excluding carboxylic acids is 1. The molecule has 0 aliphatic rings. The summed E-state index contributed by atoms with van der Waals surface area (Å²) in [5, 5.41) is 4.55. The molecule has 0 unspecified atom stereocenters. The van der Waals surface area contributed by atoms with Crippen molar-refractivity contribution in [1.82, 2.24) is 5.43 Å². The molecule has 0 radical (unpaired) electrons. The lowest BCUT2D eigenvalue weighted by atomic mass is 10.1. The number of nitrogens with zero attached hydrogens (tertiary/aromatic N) is 1. The van der Waals surface area contributed by atoms with Crippen molar-refractivity contribution in [2.24, 2.45) is 5.10 Å². The van der Waals surface area contributed by atoms with E-state index in [0.717, 1.165) is 5.56 Å². The van der Waals surface area contributed by atoms with Gasteiger partial charge in [-0.05, 0) is 44.2 Å². The molecule has 0 aliphatic heterocycles. The van der Waals surface area contributed by atoms with E-state index < -0.39 is 0 Å². The summed E-state index contributed by atoms with van der Waals surface area (Å²) in [7, 11) is 0. The topological polar surface area (TPSA) is 50.7 Å². The van der Waals surface area contributed by atoms with Crippen LogP contribution in [0.3, 0.4) is 0 Å². The van der Waals surface area contributed by atoms with Crippen LogP contribution in [0.5, 0.6) is 5.75 Å². The number of benzene rings is 2. The van der Waals surface area contributed by atoms with Gasteiger partial charge in [0.15, 0.2) is 0 Å². The first-order chi connectivity index (χ1) is 10.6. The highest BCUT2D eigenvalue weighted by atomic mass is 35.5. The number of rotatable bonds is 5. The molecule has 0 spiro atoms. The maximum atomic E-state index is 12.0. The van der Waals surface area contributed by atoms with Crippen molar-refractivity contribution in [1.29, 1.82) is 0 Å². The lowest BCUT2D eigenvalue weighted by Crippen LogP contribution is -2.17. The molecule has 5 heteroatoms. The molecule has 0 atom stereocenters. The van der Waals surface area contributed by atoms with E-state index in [1.54, 1.807) is 30.3 Å². The lowest BCUT2D eigenvalue weighted by molar-refractivity contribution is 0.0955. The fourth-order valence-electron chi connectivity index (χ4n) is 1.92. The Hall–Kier alpha value is -2.33. The third-order valence-electron chi connectivity index (χ3n) is 2.92. The van der Waals surface area contributed by atoms with E-state index in [9.17, 15) is 4.79 Å². The molecule has 0 heterocycles. The second-order valence-corrected chi connectivity index (χ2v) is 5.12. The van der Waals surface area contributed by atoms with Crippen LogP contribution in [0.4, 0.5) is 0 Å². The molecule has 0 saturated carbocycles. The van der Waals surface area contributed by atoms with Crippen molar-refractivity contribution in [2.75, 3.05) is 6.61 Å². The fourth-order valence-corrected chi connectivity index (χ4v) is 2.10. The van der Waals surface area contributed by atoms with Crippen LogP contribution >= 0.6 is 11.6 Å². The normalized spacial score (nSPS) is 10.7. The van der Waals surface area contributed by atoms with Crippen molar-refractivity contribution in [3.05, 3.63) is 64.2 Å². The number of hydrogen-bond donors (Lipinski definition) is 1. The standard InChI is InChI=1S/C17H17ClN2O2/c1-3-22-16-8-7-15(18)10-14(16)11-19-20-17(21)13-6-4-5-12(2)9-13/h4-11H,3H2,1-2H3,(H,20,21)/b19-11-. The highest BCUT2D eigenvalue weighted by molar-refractivity contribution is 6.30. The third kappa shape index (κ3) is 4.33. The quantitative estimate of drug-likeness (QED) is 0.673. The number of hydrogen-bond acceptors (Lipinski definition) is 3. The second-order valence-electron chi connectivity index (χ2n) is 4.68.